The van der Waals surface area contributed by atoms with E-state index in [4.69, 9.17) is 9.47 Å². The highest BCUT2D eigenvalue weighted by atomic mass is 16.5. The number of carbonyl (C=O) groups is 1. The molecule has 2 aliphatic heterocycles. The number of piperazine rings is 1. The maximum absolute atomic E-state index is 12.6. The Labute approximate surface area is 164 Å². The van der Waals surface area contributed by atoms with E-state index in [1.807, 2.05) is 11.0 Å². The standard InChI is InChI=1S/C21H26N4O3/c26-21(16-5-10-27-13-16)25-8-6-24(7-9-25)17-3-4-19-18(11-17)20(23-14-22-19)28-12-15-1-2-15/h3-4,11,14-16H,1-2,5-10,12-13H2. The van der Waals surface area contributed by atoms with E-state index < -0.39 is 0 Å². The molecule has 28 heavy (non-hydrogen) atoms. The molecule has 0 spiro atoms. The zero-order valence-electron chi connectivity index (χ0n) is 16.0. The van der Waals surface area contributed by atoms with Gasteiger partial charge in [-0.25, -0.2) is 9.97 Å². The number of ether oxygens (including phenoxy) is 2. The first-order valence-electron chi connectivity index (χ1n) is 10.3. The fraction of sp³-hybridized carbons (Fsp3) is 0.571. The highest BCUT2D eigenvalue weighted by Gasteiger charge is 2.30. The van der Waals surface area contributed by atoms with E-state index in [1.165, 1.54) is 12.8 Å². The van der Waals surface area contributed by atoms with E-state index in [0.29, 0.717) is 25.0 Å². The summed E-state index contributed by atoms with van der Waals surface area (Å²) in [6, 6.07) is 6.26. The van der Waals surface area contributed by atoms with E-state index in [2.05, 4.69) is 27.0 Å². The first-order valence-corrected chi connectivity index (χ1v) is 10.3. The summed E-state index contributed by atoms with van der Waals surface area (Å²) in [5.74, 6) is 1.66. The lowest BCUT2D eigenvalue weighted by molar-refractivity contribution is -0.135. The van der Waals surface area contributed by atoms with Crippen molar-refractivity contribution in [2.45, 2.75) is 19.3 Å². The first-order chi connectivity index (χ1) is 13.8. The van der Waals surface area contributed by atoms with E-state index >= 15 is 0 Å². The second-order valence-corrected chi connectivity index (χ2v) is 8.01. The molecule has 0 radical (unpaired) electrons. The third kappa shape index (κ3) is 3.63. The predicted octanol–water partition coefficient (Wildman–Crippen LogP) is 2.10. The van der Waals surface area contributed by atoms with E-state index in [9.17, 15) is 4.79 Å². The molecule has 1 aromatic heterocycles. The van der Waals surface area contributed by atoms with Gasteiger partial charge in [-0.3, -0.25) is 4.79 Å². The molecule has 2 aromatic rings. The number of hydrogen-bond acceptors (Lipinski definition) is 6. The average Bonchev–Trinajstić information content (AvgIpc) is 3.42. The van der Waals surface area contributed by atoms with Crippen LogP contribution in [0.5, 0.6) is 5.88 Å². The van der Waals surface area contributed by atoms with E-state index in [0.717, 1.165) is 55.8 Å². The molecule has 1 saturated carbocycles. The number of aromatic nitrogens is 2. The highest BCUT2D eigenvalue weighted by Crippen LogP contribution is 2.32. The second-order valence-electron chi connectivity index (χ2n) is 8.01. The van der Waals surface area contributed by atoms with Crippen LogP contribution in [0.3, 0.4) is 0 Å². The molecule has 1 atom stereocenters. The first kappa shape index (κ1) is 17.7. The van der Waals surface area contributed by atoms with Crippen molar-refractivity contribution >= 4 is 22.5 Å². The van der Waals surface area contributed by atoms with Gasteiger partial charge in [-0.05, 0) is 43.4 Å². The fourth-order valence-corrected chi connectivity index (χ4v) is 3.99. The molecule has 148 valence electrons. The van der Waals surface area contributed by atoms with Gasteiger partial charge in [-0.15, -0.1) is 0 Å². The molecule has 3 fully saturated rings. The number of carbonyl (C=O) groups excluding carboxylic acids is 1. The van der Waals surface area contributed by atoms with Gasteiger partial charge in [0.2, 0.25) is 11.8 Å². The lowest BCUT2D eigenvalue weighted by Gasteiger charge is -2.37. The van der Waals surface area contributed by atoms with Crippen LogP contribution in [0.1, 0.15) is 19.3 Å². The van der Waals surface area contributed by atoms with Crippen LogP contribution in [0, 0.1) is 11.8 Å². The Balaban J connectivity index is 1.28. The molecule has 5 rings (SSSR count). The van der Waals surface area contributed by atoms with Crippen molar-refractivity contribution in [2.24, 2.45) is 11.8 Å². The van der Waals surface area contributed by atoms with E-state index in [1.54, 1.807) is 6.33 Å². The van der Waals surface area contributed by atoms with Crippen LogP contribution >= 0.6 is 0 Å². The zero-order chi connectivity index (χ0) is 18.9. The maximum Gasteiger partial charge on any atom is 0.228 e. The second kappa shape index (κ2) is 7.54. The average molecular weight is 382 g/mol. The van der Waals surface area contributed by atoms with Crippen molar-refractivity contribution in [3.63, 3.8) is 0 Å². The third-order valence-corrected chi connectivity index (χ3v) is 5.97. The SMILES string of the molecule is O=C(C1CCOC1)N1CCN(c2ccc3ncnc(OCC4CC4)c3c2)CC1. The molecule has 7 nitrogen and oxygen atoms in total. The van der Waals surface area contributed by atoms with Gasteiger partial charge >= 0.3 is 0 Å². The summed E-state index contributed by atoms with van der Waals surface area (Å²) in [5.41, 5.74) is 2.04. The molecule has 1 aromatic carbocycles. The van der Waals surface area contributed by atoms with Crippen molar-refractivity contribution in [3.05, 3.63) is 24.5 Å². The number of anilines is 1. The molecule has 3 heterocycles. The lowest BCUT2D eigenvalue weighted by Crippen LogP contribution is -2.50. The molecule has 0 bridgehead atoms. The Kier molecular flexibility index (Phi) is 4.76. The maximum atomic E-state index is 12.6. The van der Waals surface area contributed by atoms with Crippen LogP contribution in [0.15, 0.2) is 24.5 Å². The van der Waals surface area contributed by atoms with Crippen LogP contribution < -0.4 is 9.64 Å². The van der Waals surface area contributed by atoms with Crippen LogP contribution in [-0.4, -0.2) is 66.8 Å². The van der Waals surface area contributed by atoms with Crippen LogP contribution in [0.25, 0.3) is 10.9 Å². The molecule has 1 amide bonds. The Morgan fingerprint density at radius 3 is 2.75 bits per heavy atom. The molecule has 0 N–H and O–H groups in total. The number of amides is 1. The molecule has 2 saturated heterocycles. The summed E-state index contributed by atoms with van der Waals surface area (Å²) in [6.07, 6.45) is 4.93. The number of fused-ring (bicyclic) bond motifs is 1. The van der Waals surface area contributed by atoms with Gasteiger partial charge in [0.1, 0.15) is 6.33 Å². The Morgan fingerprint density at radius 1 is 1.14 bits per heavy atom. The van der Waals surface area contributed by atoms with Crippen molar-refractivity contribution < 1.29 is 14.3 Å². The molecule has 3 aliphatic rings. The van der Waals surface area contributed by atoms with E-state index in [-0.39, 0.29) is 11.8 Å². The molecular weight excluding hydrogens is 356 g/mol. The normalized spacial score (nSPS) is 22.6. The summed E-state index contributed by atoms with van der Waals surface area (Å²) < 4.78 is 11.3. The third-order valence-electron chi connectivity index (χ3n) is 5.97. The van der Waals surface area contributed by atoms with Gasteiger partial charge < -0.3 is 19.3 Å². The summed E-state index contributed by atoms with van der Waals surface area (Å²) in [4.78, 5) is 25.6. The fourth-order valence-electron chi connectivity index (χ4n) is 3.99. The van der Waals surface area contributed by atoms with Gasteiger partial charge in [-0.1, -0.05) is 0 Å². The van der Waals surface area contributed by atoms with Gasteiger partial charge in [0.05, 0.1) is 30.0 Å². The topological polar surface area (TPSA) is 67.8 Å². The summed E-state index contributed by atoms with van der Waals surface area (Å²) >= 11 is 0. The van der Waals surface area contributed by atoms with Gasteiger partial charge in [0.15, 0.2) is 0 Å². The minimum Gasteiger partial charge on any atom is -0.477 e. The smallest absolute Gasteiger partial charge is 0.228 e. The Morgan fingerprint density at radius 2 is 2.00 bits per heavy atom. The molecule has 1 unspecified atom stereocenters. The molecule has 7 heteroatoms. The number of nitrogens with zero attached hydrogens (tertiary/aromatic N) is 4. The van der Waals surface area contributed by atoms with Crippen molar-refractivity contribution in [3.8, 4) is 5.88 Å². The van der Waals surface area contributed by atoms with Crippen molar-refractivity contribution in [1.82, 2.24) is 14.9 Å². The van der Waals surface area contributed by atoms with Crippen molar-refractivity contribution in [2.75, 3.05) is 50.9 Å². The summed E-state index contributed by atoms with van der Waals surface area (Å²) in [5, 5.41) is 0.960. The molecular formula is C21H26N4O3. The number of rotatable bonds is 5. The Bertz CT molecular complexity index is 856. The summed E-state index contributed by atoms with van der Waals surface area (Å²) in [7, 11) is 0. The zero-order valence-corrected chi connectivity index (χ0v) is 16.0. The van der Waals surface area contributed by atoms with Crippen molar-refractivity contribution in [1.29, 1.82) is 0 Å². The lowest BCUT2D eigenvalue weighted by atomic mass is 10.1. The molecule has 1 aliphatic carbocycles. The monoisotopic (exact) mass is 382 g/mol. The van der Waals surface area contributed by atoms with Crippen LogP contribution in [-0.2, 0) is 9.53 Å². The van der Waals surface area contributed by atoms with Crippen LogP contribution in [0.4, 0.5) is 5.69 Å². The number of hydrogen-bond donors (Lipinski definition) is 0. The van der Waals surface area contributed by atoms with Gasteiger partial charge in [0, 0.05) is 38.5 Å². The summed E-state index contributed by atoms with van der Waals surface area (Å²) in [6.45, 7) is 5.19. The van der Waals surface area contributed by atoms with Gasteiger partial charge in [0.25, 0.3) is 0 Å². The van der Waals surface area contributed by atoms with Gasteiger partial charge in [-0.2, -0.15) is 0 Å². The quantitative estimate of drug-likeness (QED) is 0.789. The minimum absolute atomic E-state index is 0.0514. The number of benzene rings is 1. The predicted molar refractivity (Wildman–Crippen MR) is 105 cm³/mol. The Hall–Kier alpha value is -2.41. The largest absolute Gasteiger partial charge is 0.477 e. The van der Waals surface area contributed by atoms with Crippen LogP contribution in [0.2, 0.25) is 0 Å². The minimum atomic E-state index is 0.0514. The highest BCUT2D eigenvalue weighted by molar-refractivity contribution is 5.87.